The van der Waals surface area contributed by atoms with E-state index >= 15 is 0 Å². The molecule has 19 heavy (non-hydrogen) atoms. The Hall–Kier alpha value is -1.29. The van der Waals surface area contributed by atoms with E-state index in [1.54, 1.807) is 10.7 Å². The molecule has 0 bridgehead atoms. The van der Waals surface area contributed by atoms with E-state index in [0.29, 0.717) is 17.0 Å². The van der Waals surface area contributed by atoms with Gasteiger partial charge in [0, 0.05) is 12.2 Å². The molecule has 2 atom stereocenters. The predicted molar refractivity (Wildman–Crippen MR) is 77.7 cm³/mol. The van der Waals surface area contributed by atoms with E-state index in [1.165, 1.54) is 32.1 Å². The Balaban J connectivity index is 1.73. The molecule has 102 valence electrons. The van der Waals surface area contributed by atoms with E-state index in [-0.39, 0.29) is 0 Å². The highest BCUT2D eigenvalue weighted by Crippen LogP contribution is 2.24. The lowest BCUT2D eigenvalue weighted by atomic mass is 10.0. The molecule has 1 aliphatic rings. The average Bonchev–Trinajstić information content (AvgIpc) is 2.65. The summed E-state index contributed by atoms with van der Waals surface area (Å²) in [6, 6.07) is 4.22. The molecule has 1 saturated carbocycles. The van der Waals surface area contributed by atoms with Gasteiger partial charge in [-0.15, -0.1) is 5.10 Å². The van der Waals surface area contributed by atoms with Crippen LogP contribution in [0.2, 0.25) is 5.02 Å². The number of pyridine rings is 1. The fraction of sp³-hybridized carbons (Fsp3) is 0.571. The monoisotopic (exact) mass is 278 g/mol. The lowest BCUT2D eigenvalue weighted by Crippen LogP contribution is -2.19. The third-order valence-electron chi connectivity index (χ3n) is 3.89. The van der Waals surface area contributed by atoms with Crippen LogP contribution < -0.4 is 5.32 Å². The topological polar surface area (TPSA) is 42.2 Å². The summed E-state index contributed by atoms with van der Waals surface area (Å²) in [5.41, 5.74) is 0.828. The molecular formula is C14H19ClN4. The van der Waals surface area contributed by atoms with Crippen molar-refractivity contribution in [2.24, 2.45) is 5.92 Å². The van der Waals surface area contributed by atoms with Crippen LogP contribution in [0.15, 0.2) is 18.3 Å². The normalized spacial score (nSPS) is 24.3. The van der Waals surface area contributed by atoms with Gasteiger partial charge in [-0.2, -0.15) is 4.98 Å². The summed E-state index contributed by atoms with van der Waals surface area (Å²) >= 11 is 5.95. The molecule has 3 rings (SSSR count). The molecule has 2 heterocycles. The zero-order valence-electron chi connectivity index (χ0n) is 11.1. The second kappa shape index (κ2) is 5.37. The first-order valence-electron chi connectivity index (χ1n) is 6.99. The molecule has 2 aromatic rings. The fourth-order valence-corrected chi connectivity index (χ4v) is 2.89. The molecule has 1 N–H and O–H groups in total. The average molecular weight is 279 g/mol. The van der Waals surface area contributed by atoms with E-state index in [0.717, 1.165) is 11.6 Å². The Morgan fingerprint density at radius 3 is 3.05 bits per heavy atom. The summed E-state index contributed by atoms with van der Waals surface area (Å²) in [7, 11) is 0. The van der Waals surface area contributed by atoms with Crippen molar-refractivity contribution in [3.05, 3.63) is 23.4 Å². The maximum atomic E-state index is 5.95. The standard InChI is InChI=1S/C14H19ClN4/c1-10-3-2-4-12(7-5-10)16-14-17-13-8-6-11(15)9-19(13)18-14/h6,8-10,12H,2-5,7H2,1H3,(H,16,18). The Bertz CT molecular complexity index is 566. The SMILES string of the molecule is CC1CCCC(Nc2nc3ccc(Cl)cn3n2)CC1. The molecule has 2 unspecified atom stereocenters. The summed E-state index contributed by atoms with van der Waals surface area (Å²) in [5.74, 6) is 1.56. The van der Waals surface area contributed by atoms with Crippen molar-refractivity contribution in [1.82, 2.24) is 14.6 Å². The molecular weight excluding hydrogens is 260 g/mol. The highest BCUT2D eigenvalue weighted by molar-refractivity contribution is 6.30. The van der Waals surface area contributed by atoms with Crippen molar-refractivity contribution in [2.75, 3.05) is 5.32 Å². The Morgan fingerprint density at radius 1 is 1.26 bits per heavy atom. The van der Waals surface area contributed by atoms with Gasteiger partial charge < -0.3 is 5.32 Å². The van der Waals surface area contributed by atoms with Gasteiger partial charge >= 0.3 is 0 Å². The summed E-state index contributed by atoms with van der Waals surface area (Å²) in [5, 5.41) is 8.56. The van der Waals surface area contributed by atoms with Gasteiger partial charge in [0.2, 0.25) is 5.95 Å². The molecule has 2 aromatic heterocycles. The number of nitrogens with zero attached hydrogens (tertiary/aromatic N) is 3. The summed E-state index contributed by atoms with van der Waals surface area (Å²) in [6.07, 6.45) is 8.11. The smallest absolute Gasteiger partial charge is 0.243 e. The zero-order valence-corrected chi connectivity index (χ0v) is 11.9. The molecule has 1 fully saturated rings. The number of aromatic nitrogens is 3. The first-order valence-corrected chi connectivity index (χ1v) is 7.37. The molecule has 0 saturated heterocycles. The maximum absolute atomic E-state index is 5.95. The van der Waals surface area contributed by atoms with E-state index in [2.05, 4.69) is 22.3 Å². The van der Waals surface area contributed by atoms with Crippen LogP contribution in [0.25, 0.3) is 5.65 Å². The van der Waals surface area contributed by atoms with Crippen LogP contribution in [0.3, 0.4) is 0 Å². The first kappa shape index (κ1) is 12.7. The summed E-state index contributed by atoms with van der Waals surface area (Å²) in [4.78, 5) is 4.48. The molecule has 0 spiro atoms. The van der Waals surface area contributed by atoms with Crippen LogP contribution in [-0.4, -0.2) is 20.6 Å². The van der Waals surface area contributed by atoms with Crippen molar-refractivity contribution in [3.63, 3.8) is 0 Å². The molecule has 5 heteroatoms. The Kier molecular flexibility index (Phi) is 3.60. The van der Waals surface area contributed by atoms with Gasteiger partial charge in [0.25, 0.3) is 0 Å². The summed E-state index contributed by atoms with van der Waals surface area (Å²) in [6.45, 7) is 2.34. The minimum atomic E-state index is 0.498. The lowest BCUT2D eigenvalue weighted by Gasteiger charge is -2.14. The highest BCUT2D eigenvalue weighted by atomic mass is 35.5. The van der Waals surface area contributed by atoms with Crippen molar-refractivity contribution in [3.8, 4) is 0 Å². The number of fused-ring (bicyclic) bond motifs is 1. The molecule has 0 amide bonds. The third-order valence-corrected chi connectivity index (χ3v) is 4.11. The molecule has 0 aromatic carbocycles. The largest absolute Gasteiger partial charge is 0.350 e. The van der Waals surface area contributed by atoms with Crippen molar-refractivity contribution in [2.45, 2.75) is 45.1 Å². The quantitative estimate of drug-likeness (QED) is 0.851. The molecule has 4 nitrogen and oxygen atoms in total. The molecule has 0 radical (unpaired) electrons. The van der Waals surface area contributed by atoms with Gasteiger partial charge in [0.05, 0.1) is 5.02 Å². The van der Waals surface area contributed by atoms with E-state index in [1.807, 2.05) is 12.1 Å². The molecule has 0 aliphatic heterocycles. The van der Waals surface area contributed by atoms with Gasteiger partial charge in [-0.1, -0.05) is 31.4 Å². The van der Waals surface area contributed by atoms with Crippen LogP contribution in [0.5, 0.6) is 0 Å². The number of anilines is 1. The minimum Gasteiger partial charge on any atom is -0.350 e. The van der Waals surface area contributed by atoms with E-state index in [9.17, 15) is 0 Å². The number of hydrogen-bond donors (Lipinski definition) is 1. The van der Waals surface area contributed by atoms with Gasteiger partial charge in [-0.05, 0) is 37.3 Å². The van der Waals surface area contributed by atoms with Crippen LogP contribution >= 0.6 is 11.6 Å². The number of nitrogens with one attached hydrogen (secondary N) is 1. The van der Waals surface area contributed by atoms with Crippen molar-refractivity contribution >= 4 is 23.2 Å². The highest BCUT2D eigenvalue weighted by Gasteiger charge is 2.17. The lowest BCUT2D eigenvalue weighted by molar-refractivity contribution is 0.501. The van der Waals surface area contributed by atoms with Gasteiger partial charge in [0.1, 0.15) is 0 Å². The fourth-order valence-electron chi connectivity index (χ4n) is 2.73. The van der Waals surface area contributed by atoms with Crippen molar-refractivity contribution in [1.29, 1.82) is 0 Å². The van der Waals surface area contributed by atoms with E-state index in [4.69, 9.17) is 11.6 Å². The maximum Gasteiger partial charge on any atom is 0.243 e. The van der Waals surface area contributed by atoms with Crippen LogP contribution in [0.1, 0.15) is 39.0 Å². The third kappa shape index (κ3) is 3.00. The van der Waals surface area contributed by atoms with Crippen LogP contribution in [0, 0.1) is 5.92 Å². The van der Waals surface area contributed by atoms with Crippen LogP contribution in [0.4, 0.5) is 5.95 Å². The summed E-state index contributed by atoms with van der Waals surface area (Å²) < 4.78 is 1.73. The molecule has 1 aliphatic carbocycles. The van der Waals surface area contributed by atoms with Crippen molar-refractivity contribution < 1.29 is 0 Å². The predicted octanol–water partition coefficient (Wildman–Crippen LogP) is 3.76. The number of halogens is 1. The van der Waals surface area contributed by atoms with Gasteiger partial charge in [0.15, 0.2) is 5.65 Å². The zero-order chi connectivity index (χ0) is 13.2. The second-order valence-corrected chi connectivity index (χ2v) is 5.98. The van der Waals surface area contributed by atoms with Gasteiger partial charge in [-0.3, -0.25) is 0 Å². The second-order valence-electron chi connectivity index (χ2n) is 5.54. The number of rotatable bonds is 2. The van der Waals surface area contributed by atoms with Crippen LogP contribution in [-0.2, 0) is 0 Å². The Labute approximate surface area is 118 Å². The number of hydrogen-bond acceptors (Lipinski definition) is 3. The first-order chi connectivity index (χ1) is 9.20. The van der Waals surface area contributed by atoms with Gasteiger partial charge in [-0.25, -0.2) is 4.52 Å². The van der Waals surface area contributed by atoms with E-state index < -0.39 is 0 Å². The minimum absolute atomic E-state index is 0.498. The Morgan fingerprint density at radius 2 is 2.16 bits per heavy atom.